The van der Waals surface area contributed by atoms with E-state index in [1.807, 2.05) is 48.5 Å². The number of hydrogen-bond donors (Lipinski definition) is 2. The highest BCUT2D eigenvalue weighted by Crippen LogP contribution is 2.43. The maximum Gasteiger partial charge on any atom is 0.188 e. The highest BCUT2D eigenvalue weighted by Gasteiger charge is 2.45. The van der Waals surface area contributed by atoms with Crippen LogP contribution in [0.1, 0.15) is 41.4 Å². The highest BCUT2D eigenvalue weighted by atomic mass is 16.5. The third kappa shape index (κ3) is 2.53. The number of Topliss-reactive ketones (excluding diaryl/α,β-unsaturated/α-hetero) is 1. The van der Waals surface area contributed by atoms with Gasteiger partial charge in [-0.15, -0.1) is 0 Å². The highest BCUT2D eigenvalue weighted by molar-refractivity contribution is 6.05. The van der Waals surface area contributed by atoms with Crippen LogP contribution in [0.2, 0.25) is 0 Å². The average molecular weight is 348 g/mol. The predicted octanol–water partition coefficient (Wildman–Crippen LogP) is 4.19. The number of aromatic amines is 1. The molecule has 4 nitrogen and oxygen atoms in total. The Kier molecular flexibility index (Phi) is 4.08. The summed E-state index contributed by atoms with van der Waals surface area (Å²) in [5, 5.41) is 1.10. The van der Waals surface area contributed by atoms with Gasteiger partial charge in [-0.25, -0.2) is 0 Å². The van der Waals surface area contributed by atoms with Gasteiger partial charge in [0, 0.05) is 22.2 Å². The molecule has 3 aromatic rings. The fourth-order valence-electron chi connectivity index (χ4n) is 4.21. The van der Waals surface area contributed by atoms with E-state index in [2.05, 4.69) is 11.9 Å². The number of aromatic nitrogens is 1. The minimum atomic E-state index is -1.03. The zero-order valence-electron chi connectivity index (χ0n) is 15.2. The molecule has 26 heavy (non-hydrogen) atoms. The van der Waals surface area contributed by atoms with Crippen LogP contribution in [0, 0.1) is 5.92 Å². The fraction of sp³-hybridized carbons (Fsp3) is 0.318. The molecule has 0 bridgehead atoms. The molecule has 0 radical (unpaired) electrons. The van der Waals surface area contributed by atoms with Gasteiger partial charge in [0.25, 0.3) is 0 Å². The summed E-state index contributed by atoms with van der Waals surface area (Å²) >= 11 is 0. The first-order valence-corrected chi connectivity index (χ1v) is 9.14. The molecular weight excluding hydrogens is 324 g/mol. The van der Waals surface area contributed by atoms with Gasteiger partial charge in [0.2, 0.25) is 0 Å². The van der Waals surface area contributed by atoms with E-state index in [1.165, 1.54) is 0 Å². The molecule has 0 saturated carbocycles. The van der Waals surface area contributed by atoms with Gasteiger partial charge in [0.1, 0.15) is 11.3 Å². The number of ketones is 1. The van der Waals surface area contributed by atoms with Crippen molar-refractivity contribution in [2.24, 2.45) is 11.7 Å². The van der Waals surface area contributed by atoms with Crippen molar-refractivity contribution in [1.29, 1.82) is 0 Å². The smallest absolute Gasteiger partial charge is 0.188 e. The summed E-state index contributed by atoms with van der Waals surface area (Å²) in [5.74, 6) is 1.18. The van der Waals surface area contributed by atoms with E-state index in [0.29, 0.717) is 17.9 Å². The number of fused-ring (bicyclic) bond motifs is 3. The lowest BCUT2D eigenvalue weighted by Crippen LogP contribution is -2.49. The maximum absolute atomic E-state index is 13.4. The zero-order chi connectivity index (χ0) is 18.3. The van der Waals surface area contributed by atoms with Crippen molar-refractivity contribution in [2.45, 2.75) is 31.7 Å². The second-order valence-corrected chi connectivity index (χ2v) is 7.24. The molecule has 4 heteroatoms. The summed E-state index contributed by atoms with van der Waals surface area (Å²) in [6.45, 7) is 2.17. The van der Waals surface area contributed by atoms with Gasteiger partial charge >= 0.3 is 0 Å². The molecule has 0 saturated heterocycles. The van der Waals surface area contributed by atoms with Crippen molar-refractivity contribution in [1.82, 2.24) is 4.98 Å². The number of nitrogens with two attached hydrogens (primary N) is 1. The first-order chi connectivity index (χ1) is 12.6. The van der Waals surface area contributed by atoms with Crippen LogP contribution in [-0.2, 0) is 12.0 Å². The van der Waals surface area contributed by atoms with Crippen molar-refractivity contribution in [3.05, 3.63) is 65.4 Å². The summed E-state index contributed by atoms with van der Waals surface area (Å²) in [5.41, 5.74) is 9.49. The molecule has 0 aliphatic heterocycles. The molecule has 1 aromatic heterocycles. The molecule has 1 aliphatic carbocycles. The molecule has 2 aromatic carbocycles. The first kappa shape index (κ1) is 16.9. The van der Waals surface area contributed by atoms with Crippen molar-refractivity contribution in [3.63, 3.8) is 0 Å². The number of nitrogens with one attached hydrogen (secondary N) is 1. The fourth-order valence-corrected chi connectivity index (χ4v) is 4.21. The maximum atomic E-state index is 13.4. The molecule has 1 aliphatic rings. The minimum absolute atomic E-state index is 0.0176. The van der Waals surface area contributed by atoms with Crippen LogP contribution < -0.4 is 10.5 Å². The summed E-state index contributed by atoms with van der Waals surface area (Å²) in [6.07, 6.45) is 2.59. The van der Waals surface area contributed by atoms with Gasteiger partial charge in [-0.1, -0.05) is 43.7 Å². The Morgan fingerprint density at radius 1 is 1.27 bits per heavy atom. The monoisotopic (exact) mass is 348 g/mol. The molecular formula is C22H24N2O2. The SMILES string of the molecule is CCC1Cc2c([nH]c3ccc(OC)cc23)C(N)(C(=O)c2ccccc2)C1. The van der Waals surface area contributed by atoms with E-state index in [1.54, 1.807) is 7.11 Å². The van der Waals surface area contributed by atoms with Crippen LogP contribution in [0.5, 0.6) is 5.75 Å². The van der Waals surface area contributed by atoms with Crippen molar-refractivity contribution in [3.8, 4) is 5.75 Å². The Bertz CT molecular complexity index is 961. The number of benzene rings is 2. The predicted molar refractivity (Wildman–Crippen MR) is 104 cm³/mol. The van der Waals surface area contributed by atoms with Gasteiger partial charge < -0.3 is 15.5 Å². The standard InChI is InChI=1S/C22H24N2O2/c1-3-14-11-18-17-12-16(26-2)9-10-19(17)24-20(18)22(23,13-14)21(25)15-7-5-4-6-8-15/h4-10,12,14,24H,3,11,13,23H2,1-2H3. The number of carbonyl (C=O) groups excluding carboxylic acids is 1. The second kappa shape index (κ2) is 6.29. The van der Waals surface area contributed by atoms with Crippen LogP contribution in [0.3, 0.4) is 0 Å². The quantitative estimate of drug-likeness (QED) is 0.695. The van der Waals surface area contributed by atoms with Crippen molar-refractivity contribution >= 4 is 16.7 Å². The zero-order valence-corrected chi connectivity index (χ0v) is 15.2. The number of rotatable bonds is 4. The van der Waals surface area contributed by atoms with Gasteiger partial charge in [0.15, 0.2) is 5.78 Å². The third-order valence-electron chi connectivity index (χ3n) is 5.68. The van der Waals surface area contributed by atoms with Gasteiger partial charge in [0.05, 0.1) is 7.11 Å². The summed E-state index contributed by atoms with van der Waals surface area (Å²) in [4.78, 5) is 16.8. The van der Waals surface area contributed by atoms with Crippen LogP contribution >= 0.6 is 0 Å². The average Bonchev–Trinajstić information content (AvgIpc) is 3.06. The number of H-pyrrole nitrogens is 1. The molecule has 1 heterocycles. The first-order valence-electron chi connectivity index (χ1n) is 9.14. The van der Waals surface area contributed by atoms with Crippen LogP contribution in [0.25, 0.3) is 10.9 Å². The van der Waals surface area contributed by atoms with E-state index >= 15 is 0 Å². The molecule has 134 valence electrons. The Hall–Kier alpha value is -2.59. The summed E-state index contributed by atoms with van der Waals surface area (Å²) < 4.78 is 5.39. The normalized spacial score (nSPS) is 22.2. The Balaban J connectivity index is 1.91. The van der Waals surface area contributed by atoms with Gasteiger partial charge in [-0.2, -0.15) is 0 Å². The summed E-state index contributed by atoms with van der Waals surface area (Å²) in [7, 11) is 1.67. The molecule has 4 rings (SSSR count). The number of hydrogen-bond acceptors (Lipinski definition) is 3. The van der Waals surface area contributed by atoms with Gasteiger partial charge in [-0.3, -0.25) is 4.79 Å². The largest absolute Gasteiger partial charge is 0.497 e. The lowest BCUT2D eigenvalue weighted by Gasteiger charge is -2.36. The lowest BCUT2D eigenvalue weighted by atomic mass is 9.71. The van der Waals surface area contributed by atoms with Crippen LogP contribution in [0.4, 0.5) is 0 Å². The van der Waals surface area contributed by atoms with Crippen molar-refractivity contribution < 1.29 is 9.53 Å². The Morgan fingerprint density at radius 3 is 2.73 bits per heavy atom. The minimum Gasteiger partial charge on any atom is -0.497 e. The second-order valence-electron chi connectivity index (χ2n) is 7.24. The number of carbonyl (C=O) groups is 1. The molecule has 3 N–H and O–H groups in total. The number of ether oxygens (including phenoxy) is 1. The van der Waals surface area contributed by atoms with Crippen LogP contribution in [0.15, 0.2) is 48.5 Å². The lowest BCUT2D eigenvalue weighted by molar-refractivity contribution is 0.0842. The van der Waals surface area contributed by atoms with Gasteiger partial charge in [-0.05, 0) is 42.5 Å². The molecule has 2 atom stereocenters. The van der Waals surface area contributed by atoms with E-state index in [0.717, 1.165) is 40.8 Å². The van der Waals surface area contributed by atoms with Crippen LogP contribution in [-0.4, -0.2) is 17.9 Å². The molecule has 0 amide bonds. The Morgan fingerprint density at radius 2 is 2.04 bits per heavy atom. The molecule has 2 unspecified atom stereocenters. The third-order valence-corrected chi connectivity index (χ3v) is 5.68. The van der Waals surface area contributed by atoms with E-state index in [-0.39, 0.29) is 5.78 Å². The Labute approximate surface area is 153 Å². The van der Waals surface area contributed by atoms with E-state index < -0.39 is 5.54 Å². The van der Waals surface area contributed by atoms with E-state index in [4.69, 9.17) is 10.5 Å². The summed E-state index contributed by atoms with van der Waals surface area (Å²) in [6, 6.07) is 15.3. The van der Waals surface area contributed by atoms with E-state index in [9.17, 15) is 4.79 Å². The van der Waals surface area contributed by atoms with Crippen molar-refractivity contribution in [2.75, 3.05) is 7.11 Å². The topological polar surface area (TPSA) is 68.1 Å². The number of methoxy groups -OCH3 is 1. The molecule has 0 fully saturated rings. The molecule has 0 spiro atoms.